The van der Waals surface area contributed by atoms with Crippen LogP contribution in [0, 0.1) is 23.7 Å². The van der Waals surface area contributed by atoms with Gasteiger partial charge in [-0.1, -0.05) is 68.2 Å². The molecule has 0 saturated heterocycles. The molecule has 0 aromatic rings. The van der Waals surface area contributed by atoms with Gasteiger partial charge in [0.25, 0.3) is 0 Å². The third-order valence-electron chi connectivity index (χ3n) is 4.18. The van der Waals surface area contributed by atoms with Gasteiger partial charge in [0, 0.05) is 19.0 Å². The summed E-state index contributed by atoms with van der Waals surface area (Å²) in [7, 11) is 0. The van der Waals surface area contributed by atoms with Crippen LogP contribution in [0.15, 0.2) is 0 Å². The minimum atomic E-state index is 0.180. The third-order valence-corrected chi connectivity index (χ3v) is 4.18. The Kier molecular flexibility index (Phi) is 13.3. The lowest BCUT2D eigenvalue weighted by Gasteiger charge is -2.33. The molecule has 0 bridgehead atoms. The van der Waals surface area contributed by atoms with E-state index in [9.17, 15) is 4.79 Å². The standard InChI is InChI=1S/C16H33NO.C2H6/c1-8-13(6)11-17(10-3)16(18)15(12(4)5)14(7)9-2;1-2/h12-15H,8-11H2,1-7H3;1-2H3. The number of rotatable bonds is 8. The lowest BCUT2D eigenvalue weighted by atomic mass is 9.81. The van der Waals surface area contributed by atoms with Crippen LogP contribution in [-0.2, 0) is 4.79 Å². The Labute approximate surface area is 128 Å². The molecule has 0 aromatic carbocycles. The molecule has 0 N–H and O–H groups in total. The quantitative estimate of drug-likeness (QED) is 0.598. The highest BCUT2D eigenvalue weighted by Crippen LogP contribution is 2.26. The molecule has 20 heavy (non-hydrogen) atoms. The number of hydrogen-bond donors (Lipinski definition) is 0. The molecule has 0 aliphatic heterocycles. The van der Waals surface area contributed by atoms with E-state index in [0.29, 0.717) is 23.7 Å². The van der Waals surface area contributed by atoms with Crippen molar-refractivity contribution in [3.05, 3.63) is 0 Å². The number of carbonyl (C=O) groups is 1. The maximum Gasteiger partial charge on any atom is 0.226 e. The SMILES string of the molecule is CC.CCC(C)CN(CC)C(=O)C(C(C)C)C(C)CC. The molecule has 0 rings (SSSR count). The molecule has 3 unspecified atom stereocenters. The van der Waals surface area contributed by atoms with Crippen molar-refractivity contribution in [2.45, 2.75) is 75.2 Å². The van der Waals surface area contributed by atoms with Crippen LogP contribution >= 0.6 is 0 Å². The van der Waals surface area contributed by atoms with Crippen molar-refractivity contribution < 1.29 is 4.79 Å². The van der Waals surface area contributed by atoms with E-state index in [1.807, 2.05) is 13.8 Å². The van der Waals surface area contributed by atoms with Gasteiger partial charge in [-0.3, -0.25) is 4.79 Å². The molecule has 0 aliphatic carbocycles. The van der Waals surface area contributed by atoms with Crippen LogP contribution in [0.4, 0.5) is 0 Å². The minimum absolute atomic E-state index is 0.180. The topological polar surface area (TPSA) is 20.3 Å². The van der Waals surface area contributed by atoms with Crippen LogP contribution in [-0.4, -0.2) is 23.9 Å². The van der Waals surface area contributed by atoms with Crippen LogP contribution in [0.2, 0.25) is 0 Å². The Morgan fingerprint density at radius 2 is 1.45 bits per heavy atom. The summed E-state index contributed by atoms with van der Waals surface area (Å²) in [6.07, 6.45) is 2.22. The second kappa shape index (κ2) is 12.2. The van der Waals surface area contributed by atoms with E-state index in [2.05, 4.69) is 53.4 Å². The number of nitrogens with zero attached hydrogens (tertiary/aromatic N) is 1. The summed E-state index contributed by atoms with van der Waals surface area (Å²) in [4.78, 5) is 14.8. The van der Waals surface area contributed by atoms with Gasteiger partial charge < -0.3 is 4.90 Å². The van der Waals surface area contributed by atoms with Crippen molar-refractivity contribution in [2.75, 3.05) is 13.1 Å². The van der Waals surface area contributed by atoms with Crippen LogP contribution in [0.5, 0.6) is 0 Å². The molecule has 0 aliphatic rings. The van der Waals surface area contributed by atoms with Crippen LogP contribution < -0.4 is 0 Å². The number of hydrogen-bond acceptors (Lipinski definition) is 1. The van der Waals surface area contributed by atoms with Gasteiger partial charge in [-0.05, 0) is 24.7 Å². The van der Waals surface area contributed by atoms with Crippen molar-refractivity contribution in [1.82, 2.24) is 4.90 Å². The molecule has 0 heterocycles. The fraction of sp³-hybridized carbons (Fsp3) is 0.944. The summed E-state index contributed by atoms with van der Waals surface area (Å²) in [6, 6.07) is 0. The molecule has 0 radical (unpaired) electrons. The molecular weight excluding hydrogens is 246 g/mol. The first-order chi connectivity index (χ1) is 9.38. The Morgan fingerprint density at radius 3 is 1.75 bits per heavy atom. The van der Waals surface area contributed by atoms with Crippen molar-refractivity contribution in [1.29, 1.82) is 0 Å². The van der Waals surface area contributed by atoms with Gasteiger partial charge in [0.15, 0.2) is 0 Å². The number of carbonyl (C=O) groups excluding carboxylic acids is 1. The lowest BCUT2D eigenvalue weighted by Crippen LogP contribution is -2.42. The average Bonchev–Trinajstić information content (AvgIpc) is 2.45. The molecular formula is C18H39NO. The van der Waals surface area contributed by atoms with Crippen molar-refractivity contribution in [3.63, 3.8) is 0 Å². The van der Waals surface area contributed by atoms with Gasteiger partial charge in [-0.2, -0.15) is 0 Å². The maximum atomic E-state index is 12.7. The summed E-state index contributed by atoms with van der Waals surface area (Å²) in [5.74, 6) is 2.04. The van der Waals surface area contributed by atoms with Crippen LogP contribution in [0.25, 0.3) is 0 Å². The first-order valence-corrected chi connectivity index (χ1v) is 8.67. The normalized spacial score (nSPS) is 15.1. The van der Waals surface area contributed by atoms with Gasteiger partial charge in [-0.15, -0.1) is 0 Å². The van der Waals surface area contributed by atoms with Crippen molar-refractivity contribution in [3.8, 4) is 0 Å². The lowest BCUT2D eigenvalue weighted by molar-refractivity contribution is -0.139. The predicted octanol–water partition coefficient (Wildman–Crippen LogP) is 5.23. The molecule has 0 aromatic heterocycles. The second-order valence-electron chi connectivity index (χ2n) is 6.05. The van der Waals surface area contributed by atoms with Crippen LogP contribution in [0.3, 0.4) is 0 Å². The summed E-state index contributed by atoms with van der Waals surface area (Å²) >= 11 is 0. The molecule has 1 amide bonds. The second-order valence-corrected chi connectivity index (χ2v) is 6.05. The summed E-state index contributed by atoms with van der Waals surface area (Å²) < 4.78 is 0. The highest BCUT2D eigenvalue weighted by atomic mass is 16.2. The first kappa shape index (κ1) is 21.8. The monoisotopic (exact) mass is 285 g/mol. The minimum Gasteiger partial charge on any atom is -0.342 e. The van der Waals surface area contributed by atoms with E-state index in [4.69, 9.17) is 0 Å². The zero-order chi connectivity index (χ0) is 16.3. The van der Waals surface area contributed by atoms with Gasteiger partial charge in [0.05, 0.1) is 0 Å². The van der Waals surface area contributed by atoms with Crippen LogP contribution in [0.1, 0.15) is 75.2 Å². The fourth-order valence-corrected chi connectivity index (χ4v) is 2.53. The molecule has 2 nitrogen and oxygen atoms in total. The molecule has 122 valence electrons. The zero-order valence-corrected chi connectivity index (χ0v) is 15.5. The smallest absolute Gasteiger partial charge is 0.226 e. The predicted molar refractivity (Wildman–Crippen MR) is 90.8 cm³/mol. The fourth-order valence-electron chi connectivity index (χ4n) is 2.53. The molecule has 0 saturated carbocycles. The van der Waals surface area contributed by atoms with E-state index in [-0.39, 0.29) is 5.92 Å². The Bertz CT molecular complexity index is 238. The van der Waals surface area contributed by atoms with Gasteiger partial charge in [-0.25, -0.2) is 0 Å². The Hall–Kier alpha value is -0.530. The highest BCUT2D eigenvalue weighted by molar-refractivity contribution is 5.79. The Balaban J connectivity index is 0. The average molecular weight is 286 g/mol. The van der Waals surface area contributed by atoms with E-state index >= 15 is 0 Å². The summed E-state index contributed by atoms with van der Waals surface area (Å²) in [5, 5.41) is 0. The van der Waals surface area contributed by atoms with E-state index in [1.165, 1.54) is 0 Å². The zero-order valence-electron chi connectivity index (χ0n) is 15.5. The largest absolute Gasteiger partial charge is 0.342 e. The van der Waals surface area contributed by atoms with E-state index in [0.717, 1.165) is 25.9 Å². The van der Waals surface area contributed by atoms with Gasteiger partial charge in [0.2, 0.25) is 5.91 Å². The van der Waals surface area contributed by atoms with Gasteiger partial charge >= 0.3 is 0 Å². The Morgan fingerprint density at radius 1 is 0.950 bits per heavy atom. The summed E-state index contributed by atoms with van der Waals surface area (Å²) in [5.41, 5.74) is 0. The van der Waals surface area contributed by atoms with E-state index in [1.54, 1.807) is 0 Å². The molecule has 0 fully saturated rings. The number of amides is 1. The first-order valence-electron chi connectivity index (χ1n) is 8.67. The molecule has 3 atom stereocenters. The third kappa shape index (κ3) is 7.31. The van der Waals surface area contributed by atoms with Gasteiger partial charge in [0.1, 0.15) is 0 Å². The van der Waals surface area contributed by atoms with Crippen molar-refractivity contribution in [2.24, 2.45) is 23.7 Å². The van der Waals surface area contributed by atoms with Crippen molar-refractivity contribution >= 4 is 5.91 Å². The molecule has 2 heteroatoms. The highest BCUT2D eigenvalue weighted by Gasteiger charge is 2.30. The summed E-state index contributed by atoms with van der Waals surface area (Å²) in [6.45, 7) is 21.0. The van der Waals surface area contributed by atoms with E-state index < -0.39 is 0 Å². The molecule has 0 spiro atoms. The maximum absolute atomic E-state index is 12.7.